The molecule has 1 unspecified atom stereocenters. The summed E-state index contributed by atoms with van der Waals surface area (Å²) < 4.78 is 4.92. The Morgan fingerprint density at radius 2 is 2.05 bits per heavy atom. The number of esters is 1. The summed E-state index contributed by atoms with van der Waals surface area (Å²) in [6.07, 6.45) is 5.67. The molecule has 0 spiro atoms. The third kappa shape index (κ3) is 5.37. The number of aliphatic carboxylic acids is 1. The topological polar surface area (TPSA) is 63.6 Å². The SMILES string of the molecule is C#CCOC(=O)C(CC)Sc1ccc(CC(=O)O)cc1. The molecule has 0 aliphatic heterocycles. The number of hydrogen-bond donors (Lipinski definition) is 1. The summed E-state index contributed by atoms with van der Waals surface area (Å²) in [5.41, 5.74) is 0.727. The van der Waals surface area contributed by atoms with Crippen molar-refractivity contribution in [3.63, 3.8) is 0 Å². The van der Waals surface area contributed by atoms with Crippen LogP contribution in [0, 0.1) is 12.3 Å². The Morgan fingerprint density at radius 1 is 1.40 bits per heavy atom. The normalized spacial score (nSPS) is 11.4. The van der Waals surface area contributed by atoms with Crippen LogP contribution in [0.25, 0.3) is 0 Å². The second kappa shape index (κ2) is 8.28. The maximum absolute atomic E-state index is 11.7. The molecule has 0 aliphatic carbocycles. The van der Waals surface area contributed by atoms with Gasteiger partial charge < -0.3 is 9.84 Å². The predicted molar refractivity (Wildman–Crippen MR) is 77.5 cm³/mol. The Balaban J connectivity index is 2.63. The molecular formula is C15H16O4S. The fourth-order valence-corrected chi connectivity index (χ4v) is 2.48. The summed E-state index contributed by atoms with van der Waals surface area (Å²) >= 11 is 1.38. The zero-order valence-electron chi connectivity index (χ0n) is 11.2. The number of carbonyl (C=O) groups excluding carboxylic acids is 1. The number of thioether (sulfide) groups is 1. The van der Waals surface area contributed by atoms with E-state index in [0.29, 0.717) is 6.42 Å². The lowest BCUT2D eigenvalue weighted by Crippen LogP contribution is -2.19. The van der Waals surface area contributed by atoms with Crippen LogP contribution in [-0.2, 0) is 20.7 Å². The Kier molecular flexibility index (Phi) is 6.68. The number of hydrogen-bond acceptors (Lipinski definition) is 4. The van der Waals surface area contributed by atoms with Crippen LogP contribution in [0.5, 0.6) is 0 Å². The smallest absolute Gasteiger partial charge is 0.320 e. The molecule has 0 heterocycles. The Bertz CT molecular complexity index is 502. The summed E-state index contributed by atoms with van der Waals surface area (Å²) in [5, 5.41) is 8.38. The lowest BCUT2D eigenvalue weighted by atomic mass is 10.2. The first-order valence-electron chi connectivity index (χ1n) is 6.14. The maximum atomic E-state index is 11.7. The summed E-state index contributed by atoms with van der Waals surface area (Å²) in [5.74, 6) is 1.06. The lowest BCUT2D eigenvalue weighted by Gasteiger charge is -2.12. The molecule has 1 aromatic carbocycles. The minimum Gasteiger partial charge on any atom is -0.481 e. The van der Waals surface area contributed by atoms with E-state index in [0.717, 1.165) is 10.5 Å². The lowest BCUT2D eigenvalue weighted by molar-refractivity contribution is -0.141. The van der Waals surface area contributed by atoms with Crippen molar-refractivity contribution in [2.45, 2.75) is 29.9 Å². The van der Waals surface area contributed by atoms with Gasteiger partial charge in [-0.1, -0.05) is 25.0 Å². The Labute approximate surface area is 122 Å². The van der Waals surface area contributed by atoms with E-state index in [1.165, 1.54) is 11.8 Å². The van der Waals surface area contributed by atoms with Crippen LogP contribution in [0.2, 0.25) is 0 Å². The fraction of sp³-hybridized carbons (Fsp3) is 0.333. The molecular weight excluding hydrogens is 276 g/mol. The minimum atomic E-state index is -0.866. The average molecular weight is 292 g/mol. The van der Waals surface area contributed by atoms with E-state index in [-0.39, 0.29) is 24.2 Å². The van der Waals surface area contributed by atoms with Crippen molar-refractivity contribution >= 4 is 23.7 Å². The molecule has 0 bridgehead atoms. The van der Waals surface area contributed by atoms with Gasteiger partial charge in [-0.25, -0.2) is 0 Å². The van der Waals surface area contributed by atoms with E-state index < -0.39 is 5.97 Å². The number of carboxylic acids is 1. The quantitative estimate of drug-likeness (QED) is 0.475. The van der Waals surface area contributed by atoms with Gasteiger partial charge in [0, 0.05) is 4.90 Å². The molecule has 0 saturated heterocycles. The monoisotopic (exact) mass is 292 g/mol. The number of ether oxygens (including phenoxy) is 1. The van der Waals surface area contributed by atoms with Crippen LogP contribution in [0.15, 0.2) is 29.2 Å². The van der Waals surface area contributed by atoms with E-state index in [4.69, 9.17) is 16.3 Å². The molecule has 4 nitrogen and oxygen atoms in total. The molecule has 5 heteroatoms. The second-order valence-electron chi connectivity index (χ2n) is 4.04. The van der Waals surface area contributed by atoms with E-state index >= 15 is 0 Å². The highest BCUT2D eigenvalue weighted by Gasteiger charge is 2.19. The van der Waals surface area contributed by atoms with E-state index in [1.54, 1.807) is 24.3 Å². The number of terminal acetylenes is 1. The van der Waals surface area contributed by atoms with Crippen molar-refractivity contribution in [1.82, 2.24) is 0 Å². The van der Waals surface area contributed by atoms with Crippen molar-refractivity contribution in [3.05, 3.63) is 29.8 Å². The highest BCUT2D eigenvalue weighted by Crippen LogP contribution is 2.26. The van der Waals surface area contributed by atoms with Crippen molar-refractivity contribution in [1.29, 1.82) is 0 Å². The molecule has 106 valence electrons. The van der Waals surface area contributed by atoms with Crippen molar-refractivity contribution in [2.75, 3.05) is 6.61 Å². The van der Waals surface area contributed by atoms with Crippen LogP contribution in [-0.4, -0.2) is 28.9 Å². The van der Waals surface area contributed by atoms with Crippen LogP contribution >= 0.6 is 11.8 Å². The zero-order valence-corrected chi connectivity index (χ0v) is 12.0. The third-order valence-corrected chi connectivity index (χ3v) is 3.84. The molecule has 0 fully saturated rings. The predicted octanol–water partition coefficient (Wildman–Crippen LogP) is 2.36. The summed E-state index contributed by atoms with van der Waals surface area (Å²) in [6.45, 7) is 1.88. The minimum absolute atomic E-state index is 0.00758. The van der Waals surface area contributed by atoms with Gasteiger partial charge in [-0.05, 0) is 24.1 Å². The fourth-order valence-electron chi connectivity index (χ4n) is 1.53. The van der Waals surface area contributed by atoms with Gasteiger partial charge in [0.2, 0.25) is 0 Å². The molecule has 0 radical (unpaired) electrons. The first kappa shape index (κ1) is 16.1. The molecule has 1 atom stereocenters. The molecule has 0 amide bonds. The van der Waals surface area contributed by atoms with Crippen molar-refractivity contribution in [3.8, 4) is 12.3 Å². The van der Waals surface area contributed by atoms with Crippen LogP contribution in [0.1, 0.15) is 18.9 Å². The van der Waals surface area contributed by atoms with Gasteiger partial charge in [0.15, 0.2) is 6.61 Å². The summed E-state index contributed by atoms with van der Waals surface area (Å²) in [7, 11) is 0. The standard InChI is InChI=1S/C15H16O4S/c1-3-9-19-15(18)13(4-2)20-12-7-5-11(6-8-12)10-14(16)17/h1,5-8,13H,4,9-10H2,2H3,(H,16,17). The van der Waals surface area contributed by atoms with Gasteiger partial charge in [-0.2, -0.15) is 0 Å². The van der Waals surface area contributed by atoms with Gasteiger partial charge in [0.05, 0.1) is 6.42 Å². The highest BCUT2D eigenvalue weighted by atomic mass is 32.2. The molecule has 0 aliphatic rings. The first-order chi connectivity index (χ1) is 9.56. The molecule has 1 N–H and O–H groups in total. The molecule has 0 aromatic heterocycles. The Morgan fingerprint density at radius 3 is 2.55 bits per heavy atom. The average Bonchev–Trinajstić information content (AvgIpc) is 2.43. The largest absolute Gasteiger partial charge is 0.481 e. The number of rotatable bonds is 7. The molecule has 1 aromatic rings. The van der Waals surface area contributed by atoms with Gasteiger partial charge in [-0.3, -0.25) is 9.59 Å². The van der Waals surface area contributed by atoms with Gasteiger partial charge in [0.1, 0.15) is 5.25 Å². The number of carboxylic acid groups (broad SMARTS) is 1. The maximum Gasteiger partial charge on any atom is 0.320 e. The highest BCUT2D eigenvalue weighted by molar-refractivity contribution is 8.00. The van der Waals surface area contributed by atoms with E-state index in [1.807, 2.05) is 6.92 Å². The van der Waals surface area contributed by atoms with Crippen LogP contribution in [0.3, 0.4) is 0 Å². The molecule has 0 saturated carbocycles. The van der Waals surface area contributed by atoms with Crippen molar-refractivity contribution < 1.29 is 19.4 Å². The second-order valence-corrected chi connectivity index (χ2v) is 5.32. The zero-order chi connectivity index (χ0) is 15.0. The number of benzene rings is 1. The summed E-state index contributed by atoms with van der Waals surface area (Å²) in [6, 6.07) is 7.10. The third-order valence-electron chi connectivity index (χ3n) is 2.49. The van der Waals surface area contributed by atoms with Crippen LogP contribution < -0.4 is 0 Å². The number of carbonyl (C=O) groups is 2. The van der Waals surface area contributed by atoms with E-state index in [2.05, 4.69) is 5.92 Å². The van der Waals surface area contributed by atoms with E-state index in [9.17, 15) is 9.59 Å². The Hall–Kier alpha value is -1.93. The van der Waals surface area contributed by atoms with Crippen LogP contribution in [0.4, 0.5) is 0 Å². The van der Waals surface area contributed by atoms with Gasteiger partial charge >= 0.3 is 11.9 Å². The van der Waals surface area contributed by atoms with Gasteiger partial charge in [0.25, 0.3) is 0 Å². The molecule has 1 rings (SSSR count). The van der Waals surface area contributed by atoms with Crippen molar-refractivity contribution in [2.24, 2.45) is 0 Å². The first-order valence-corrected chi connectivity index (χ1v) is 7.02. The van der Waals surface area contributed by atoms with Gasteiger partial charge in [-0.15, -0.1) is 18.2 Å². The molecule has 20 heavy (non-hydrogen) atoms. The summed E-state index contributed by atoms with van der Waals surface area (Å²) in [4.78, 5) is 23.2.